The number of benzene rings is 1. The number of hydrogen-bond acceptors (Lipinski definition) is 2. The van der Waals surface area contributed by atoms with Crippen molar-refractivity contribution in [3.05, 3.63) is 35.6 Å². The van der Waals surface area contributed by atoms with Gasteiger partial charge >= 0.3 is 0 Å². The smallest absolute Gasteiger partial charge is 0.223 e. The number of carbonyl (C=O) groups is 1. The summed E-state index contributed by atoms with van der Waals surface area (Å²) in [5.41, 5.74) is 1.06. The molecule has 0 bridgehead atoms. The van der Waals surface area contributed by atoms with Crippen LogP contribution in [0.5, 0.6) is 0 Å². The second kappa shape index (κ2) is 8.22. The van der Waals surface area contributed by atoms with Crippen LogP contribution in [0.25, 0.3) is 0 Å². The van der Waals surface area contributed by atoms with Crippen LogP contribution in [-0.4, -0.2) is 25.5 Å². The lowest BCUT2D eigenvalue weighted by atomic mass is 10.1. The maximum atomic E-state index is 12.8. The van der Waals surface area contributed by atoms with Gasteiger partial charge in [-0.1, -0.05) is 19.1 Å². The van der Waals surface area contributed by atoms with Crippen molar-refractivity contribution >= 4 is 18.3 Å². The van der Waals surface area contributed by atoms with Gasteiger partial charge in [0.25, 0.3) is 0 Å². The highest BCUT2D eigenvalue weighted by molar-refractivity contribution is 5.85. The first kappa shape index (κ1) is 16.9. The molecule has 1 amide bonds. The summed E-state index contributed by atoms with van der Waals surface area (Å²) in [4.78, 5) is 11.9. The van der Waals surface area contributed by atoms with Crippen molar-refractivity contribution in [1.29, 1.82) is 0 Å². The van der Waals surface area contributed by atoms with Gasteiger partial charge in [-0.15, -0.1) is 12.4 Å². The van der Waals surface area contributed by atoms with Crippen LogP contribution in [0.3, 0.4) is 0 Å². The topological polar surface area (TPSA) is 41.1 Å². The summed E-state index contributed by atoms with van der Waals surface area (Å²) in [7, 11) is 0. The molecule has 1 aromatic rings. The monoisotopic (exact) mass is 300 g/mol. The highest BCUT2D eigenvalue weighted by atomic mass is 35.5. The quantitative estimate of drug-likeness (QED) is 0.760. The zero-order valence-electron chi connectivity index (χ0n) is 11.7. The minimum atomic E-state index is -0.229. The predicted octanol–water partition coefficient (Wildman–Crippen LogP) is 2.47. The van der Waals surface area contributed by atoms with Crippen LogP contribution in [0.1, 0.15) is 31.2 Å². The van der Waals surface area contributed by atoms with E-state index in [2.05, 4.69) is 17.6 Å². The van der Waals surface area contributed by atoms with E-state index in [0.29, 0.717) is 6.54 Å². The number of rotatable bonds is 7. The average Bonchev–Trinajstić information content (AvgIpc) is 3.19. The Balaban J connectivity index is 0.00000200. The first-order valence-corrected chi connectivity index (χ1v) is 6.96. The highest BCUT2D eigenvalue weighted by Crippen LogP contribution is 2.47. The van der Waals surface area contributed by atoms with Crippen LogP contribution in [-0.2, 0) is 4.79 Å². The Morgan fingerprint density at radius 2 is 1.95 bits per heavy atom. The number of amides is 1. The van der Waals surface area contributed by atoms with Gasteiger partial charge in [0, 0.05) is 19.0 Å². The zero-order valence-corrected chi connectivity index (χ0v) is 12.5. The van der Waals surface area contributed by atoms with Gasteiger partial charge < -0.3 is 10.6 Å². The van der Waals surface area contributed by atoms with E-state index in [1.807, 2.05) is 0 Å². The molecule has 1 fully saturated rings. The summed E-state index contributed by atoms with van der Waals surface area (Å²) in [5, 5.41) is 6.18. The largest absolute Gasteiger partial charge is 0.355 e. The van der Waals surface area contributed by atoms with Gasteiger partial charge in [0.2, 0.25) is 5.91 Å². The molecular formula is C15H22ClFN2O. The van der Waals surface area contributed by atoms with Crippen LogP contribution in [0.4, 0.5) is 4.39 Å². The second-order valence-corrected chi connectivity index (χ2v) is 5.04. The summed E-state index contributed by atoms with van der Waals surface area (Å²) in [6.07, 6.45) is 1.98. The summed E-state index contributed by atoms with van der Waals surface area (Å²) in [5.74, 6) is 0.223. The Kier molecular flexibility index (Phi) is 6.96. The molecule has 1 saturated carbocycles. The lowest BCUT2D eigenvalue weighted by Crippen LogP contribution is -2.33. The zero-order chi connectivity index (χ0) is 13.7. The molecule has 0 heterocycles. The van der Waals surface area contributed by atoms with Gasteiger partial charge in [0.15, 0.2) is 0 Å². The normalized spacial score (nSPS) is 20.1. The maximum Gasteiger partial charge on any atom is 0.223 e. The Morgan fingerprint density at radius 3 is 2.60 bits per heavy atom. The molecule has 20 heavy (non-hydrogen) atoms. The van der Waals surface area contributed by atoms with Crippen LogP contribution >= 0.6 is 12.4 Å². The molecular weight excluding hydrogens is 279 g/mol. The average molecular weight is 301 g/mol. The van der Waals surface area contributed by atoms with Crippen molar-refractivity contribution in [3.8, 4) is 0 Å². The minimum Gasteiger partial charge on any atom is -0.355 e. The number of halogens is 2. The van der Waals surface area contributed by atoms with Gasteiger partial charge in [-0.2, -0.15) is 0 Å². The standard InChI is InChI=1S/C15H21FN2O.ClH/c1-2-7-17-8-9-18-15(19)14-10-13(14)11-3-5-12(16)6-4-11;/h3-6,13-14,17H,2,7-10H2,1H3,(H,18,19);1H. The van der Waals surface area contributed by atoms with Crippen molar-refractivity contribution in [2.75, 3.05) is 19.6 Å². The minimum absolute atomic E-state index is 0. The molecule has 1 aromatic carbocycles. The van der Waals surface area contributed by atoms with E-state index in [0.717, 1.165) is 31.5 Å². The Labute approximate surface area is 125 Å². The molecule has 3 nitrogen and oxygen atoms in total. The van der Waals surface area contributed by atoms with Crippen molar-refractivity contribution in [2.24, 2.45) is 5.92 Å². The van der Waals surface area contributed by atoms with Crippen LogP contribution in [0, 0.1) is 11.7 Å². The number of nitrogens with one attached hydrogen (secondary N) is 2. The van der Waals surface area contributed by atoms with Gasteiger partial charge in [0.05, 0.1) is 0 Å². The molecule has 1 aliphatic rings. The Hall–Kier alpha value is -1.13. The molecule has 0 radical (unpaired) electrons. The van der Waals surface area contributed by atoms with Crippen molar-refractivity contribution < 1.29 is 9.18 Å². The fourth-order valence-electron chi connectivity index (χ4n) is 2.27. The molecule has 0 spiro atoms. The molecule has 0 aromatic heterocycles. The molecule has 0 aliphatic heterocycles. The molecule has 112 valence electrons. The molecule has 2 atom stereocenters. The van der Waals surface area contributed by atoms with E-state index in [-0.39, 0.29) is 36.0 Å². The van der Waals surface area contributed by atoms with Gasteiger partial charge in [-0.05, 0) is 43.0 Å². The lowest BCUT2D eigenvalue weighted by Gasteiger charge is -2.06. The lowest BCUT2D eigenvalue weighted by molar-refractivity contribution is -0.122. The van der Waals surface area contributed by atoms with Gasteiger partial charge in [-0.25, -0.2) is 4.39 Å². The number of carbonyl (C=O) groups excluding carboxylic acids is 1. The second-order valence-electron chi connectivity index (χ2n) is 5.04. The SMILES string of the molecule is CCCNCCNC(=O)C1CC1c1ccc(F)cc1.Cl. The Bertz CT molecular complexity index is 424. The first-order valence-electron chi connectivity index (χ1n) is 6.96. The first-order chi connectivity index (χ1) is 9.22. The number of hydrogen-bond donors (Lipinski definition) is 2. The van der Waals surface area contributed by atoms with Crippen molar-refractivity contribution in [1.82, 2.24) is 10.6 Å². The third-order valence-electron chi connectivity index (χ3n) is 3.45. The molecule has 0 saturated heterocycles. The summed E-state index contributed by atoms with van der Waals surface area (Å²) in [6.45, 7) is 4.58. The van der Waals surface area contributed by atoms with Crippen molar-refractivity contribution in [3.63, 3.8) is 0 Å². The predicted molar refractivity (Wildman–Crippen MR) is 80.7 cm³/mol. The third kappa shape index (κ3) is 4.76. The maximum absolute atomic E-state index is 12.8. The van der Waals surface area contributed by atoms with Gasteiger partial charge in [0.1, 0.15) is 5.82 Å². The molecule has 5 heteroatoms. The van der Waals surface area contributed by atoms with E-state index < -0.39 is 0 Å². The van der Waals surface area contributed by atoms with Crippen molar-refractivity contribution in [2.45, 2.75) is 25.7 Å². The third-order valence-corrected chi connectivity index (χ3v) is 3.45. The van der Waals surface area contributed by atoms with E-state index in [1.54, 1.807) is 12.1 Å². The van der Waals surface area contributed by atoms with Crippen LogP contribution < -0.4 is 10.6 Å². The summed E-state index contributed by atoms with van der Waals surface area (Å²) >= 11 is 0. The highest BCUT2D eigenvalue weighted by Gasteiger charge is 2.43. The summed E-state index contributed by atoms with van der Waals surface area (Å²) < 4.78 is 12.8. The van der Waals surface area contributed by atoms with E-state index in [4.69, 9.17) is 0 Å². The molecule has 1 aliphatic carbocycles. The molecule has 2 N–H and O–H groups in total. The fraction of sp³-hybridized carbons (Fsp3) is 0.533. The van der Waals surface area contributed by atoms with Crippen LogP contribution in [0.15, 0.2) is 24.3 Å². The molecule has 2 unspecified atom stereocenters. The van der Waals surface area contributed by atoms with Crippen LogP contribution in [0.2, 0.25) is 0 Å². The van der Waals surface area contributed by atoms with E-state index >= 15 is 0 Å². The Morgan fingerprint density at radius 1 is 1.25 bits per heavy atom. The summed E-state index contributed by atoms with van der Waals surface area (Å²) in [6, 6.07) is 6.46. The molecule has 2 rings (SSSR count). The van der Waals surface area contributed by atoms with Gasteiger partial charge in [-0.3, -0.25) is 4.79 Å². The fourth-order valence-corrected chi connectivity index (χ4v) is 2.27. The van der Waals surface area contributed by atoms with E-state index in [1.165, 1.54) is 12.1 Å². The van der Waals surface area contributed by atoms with E-state index in [9.17, 15) is 9.18 Å².